The van der Waals surface area contributed by atoms with E-state index in [9.17, 15) is 13.7 Å². The van der Waals surface area contributed by atoms with Crippen LogP contribution in [-0.2, 0) is 10.0 Å². The zero-order chi connectivity index (χ0) is 17.7. The monoisotopic (exact) mass is 342 g/mol. The van der Waals surface area contributed by atoms with E-state index >= 15 is 0 Å². The maximum Gasteiger partial charge on any atom is 0.272 e. The van der Waals surface area contributed by atoms with E-state index in [0.717, 1.165) is 11.1 Å². The number of methoxy groups -OCH3 is 1. The number of sulfonamides is 1. The van der Waals surface area contributed by atoms with E-state index in [1.165, 1.54) is 13.2 Å². The first kappa shape index (κ1) is 17.6. The topological polar surface area (TPSA) is 79.2 Å². The molecule has 24 heavy (non-hydrogen) atoms. The van der Waals surface area contributed by atoms with Gasteiger partial charge in [0.15, 0.2) is 4.91 Å². The molecule has 0 atom stereocenters. The van der Waals surface area contributed by atoms with Gasteiger partial charge in [0, 0.05) is 5.56 Å². The number of nitrogens with one attached hydrogen (secondary N) is 1. The van der Waals surface area contributed by atoms with E-state index in [1.807, 2.05) is 13.0 Å². The van der Waals surface area contributed by atoms with E-state index in [1.54, 1.807) is 49.4 Å². The zero-order valence-electron chi connectivity index (χ0n) is 13.7. The first-order chi connectivity index (χ1) is 11.4. The number of ether oxygens (including phenoxy) is 1. The molecule has 2 aromatic rings. The van der Waals surface area contributed by atoms with Crippen LogP contribution in [0.2, 0.25) is 0 Å². The molecule has 2 rings (SSSR count). The van der Waals surface area contributed by atoms with Gasteiger partial charge in [0.25, 0.3) is 10.0 Å². The van der Waals surface area contributed by atoms with Gasteiger partial charge >= 0.3 is 0 Å². The van der Waals surface area contributed by atoms with Gasteiger partial charge in [0.2, 0.25) is 0 Å². The molecule has 0 saturated heterocycles. The minimum atomic E-state index is -3.99. The van der Waals surface area contributed by atoms with Crippen LogP contribution >= 0.6 is 0 Å². The Hall–Kier alpha value is -2.78. The lowest BCUT2D eigenvalue weighted by Crippen LogP contribution is -2.15. The molecule has 0 saturated carbocycles. The van der Waals surface area contributed by atoms with Crippen LogP contribution in [0.25, 0.3) is 6.08 Å². The van der Waals surface area contributed by atoms with Crippen molar-refractivity contribution >= 4 is 21.8 Å². The number of allylic oxidation sites excluding steroid dienone is 1. The van der Waals surface area contributed by atoms with Crippen molar-refractivity contribution in [3.05, 3.63) is 64.1 Å². The summed E-state index contributed by atoms with van der Waals surface area (Å²) in [5, 5.41) is 9.30. The Morgan fingerprint density at radius 1 is 1.21 bits per heavy atom. The van der Waals surface area contributed by atoms with Gasteiger partial charge in [-0.25, -0.2) is 8.42 Å². The number of hydrogen-bond acceptors (Lipinski definition) is 4. The van der Waals surface area contributed by atoms with Crippen molar-refractivity contribution in [2.24, 2.45) is 0 Å². The number of rotatable bonds is 5. The molecule has 5 nitrogen and oxygen atoms in total. The summed E-state index contributed by atoms with van der Waals surface area (Å²) in [5.41, 5.74) is 2.78. The Labute approximate surface area is 142 Å². The highest BCUT2D eigenvalue weighted by atomic mass is 32.2. The van der Waals surface area contributed by atoms with Crippen LogP contribution < -0.4 is 9.46 Å². The van der Waals surface area contributed by atoms with Gasteiger partial charge in [-0.2, -0.15) is 5.26 Å². The van der Waals surface area contributed by atoms with Gasteiger partial charge in [-0.05, 0) is 37.6 Å². The van der Waals surface area contributed by atoms with Crippen molar-refractivity contribution in [3.8, 4) is 11.8 Å². The molecule has 6 heteroatoms. The molecule has 2 aromatic carbocycles. The Balaban J connectivity index is 2.42. The molecule has 124 valence electrons. The van der Waals surface area contributed by atoms with Crippen molar-refractivity contribution in [3.63, 3.8) is 0 Å². The van der Waals surface area contributed by atoms with Crippen LogP contribution in [0.5, 0.6) is 5.75 Å². The number of aryl methyl sites for hydroxylation is 2. The van der Waals surface area contributed by atoms with Crippen LogP contribution in [0.1, 0.15) is 16.7 Å². The summed E-state index contributed by atoms with van der Waals surface area (Å²) in [6, 6.07) is 14.0. The summed E-state index contributed by atoms with van der Waals surface area (Å²) in [4.78, 5) is -0.382. The zero-order valence-corrected chi connectivity index (χ0v) is 14.5. The summed E-state index contributed by atoms with van der Waals surface area (Å²) in [5.74, 6) is 0.493. The van der Waals surface area contributed by atoms with Crippen molar-refractivity contribution in [2.75, 3.05) is 11.8 Å². The molecule has 1 N–H and O–H groups in total. The van der Waals surface area contributed by atoms with Gasteiger partial charge in [-0.1, -0.05) is 35.9 Å². The molecule has 0 radical (unpaired) electrons. The largest absolute Gasteiger partial charge is 0.496 e. The van der Waals surface area contributed by atoms with Crippen molar-refractivity contribution in [2.45, 2.75) is 13.8 Å². The predicted octanol–water partition coefficient (Wildman–Crippen LogP) is 3.62. The highest BCUT2D eigenvalue weighted by molar-refractivity contribution is 7.97. The third kappa shape index (κ3) is 3.94. The molecular formula is C18H18N2O3S. The summed E-state index contributed by atoms with van der Waals surface area (Å²) < 4.78 is 32.7. The van der Waals surface area contributed by atoms with Crippen LogP contribution in [0, 0.1) is 25.2 Å². The van der Waals surface area contributed by atoms with Gasteiger partial charge in [-0.3, -0.25) is 4.72 Å². The Morgan fingerprint density at radius 3 is 2.54 bits per heavy atom. The van der Waals surface area contributed by atoms with E-state index in [2.05, 4.69) is 4.72 Å². The summed E-state index contributed by atoms with van der Waals surface area (Å²) in [6.07, 6.45) is 1.30. The second-order valence-corrected chi connectivity index (χ2v) is 6.94. The van der Waals surface area contributed by atoms with E-state index in [-0.39, 0.29) is 4.91 Å². The van der Waals surface area contributed by atoms with E-state index in [0.29, 0.717) is 17.0 Å². The summed E-state index contributed by atoms with van der Waals surface area (Å²) in [7, 11) is -2.50. The lowest BCUT2D eigenvalue weighted by atomic mass is 10.1. The molecule has 0 unspecified atom stereocenters. The van der Waals surface area contributed by atoms with Crippen LogP contribution in [0.15, 0.2) is 47.4 Å². The lowest BCUT2D eigenvalue weighted by Gasteiger charge is -2.11. The van der Waals surface area contributed by atoms with E-state index in [4.69, 9.17) is 4.74 Å². The second kappa shape index (κ2) is 7.20. The smallest absolute Gasteiger partial charge is 0.272 e. The van der Waals surface area contributed by atoms with Crippen LogP contribution in [0.4, 0.5) is 5.69 Å². The third-order valence-electron chi connectivity index (χ3n) is 3.45. The van der Waals surface area contributed by atoms with Crippen molar-refractivity contribution in [1.82, 2.24) is 0 Å². The molecule has 0 spiro atoms. The van der Waals surface area contributed by atoms with Crippen LogP contribution in [0.3, 0.4) is 0 Å². The lowest BCUT2D eigenvalue weighted by molar-refractivity contribution is 0.414. The molecule has 0 aliphatic carbocycles. The second-order valence-electron chi connectivity index (χ2n) is 5.29. The maximum atomic E-state index is 12.5. The minimum absolute atomic E-state index is 0.382. The average molecular weight is 342 g/mol. The number of benzene rings is 2. The minimum Gasteiger partial charge on any atom is -0.496 e. The molecule has 0 bridgehead atoms. The molecule has 0 aromatic heterocycles. The van der Waals surface area contributed by atoms with Crippen molar-refractivity contribution < 1.29 is 13.2 Å². The summed E-state index contributed by atoms with van der Waals surface area (Å²) >= 11 is 0. The van der Waals surface area contributed by atoms with Gasteiger partial charge in [-0.15, -0.1) is 0 Å². The number of anilines is 1. The van der Waals surface area contributed by atoms with Gasteiger partial charge in [0.05, 0.1) is 12.8 Å². The highest BCUT2D eigenvalue weighted by Crippen LogP contribution is 2.24. The quantitative estimate of drug-likeness (QED) is 0.842. The normalized spacial score (nSPS) is 11.7. The first-order valence-corrected chi connectivity index (χ1v) is 8.70. The number of nitrogens with zero attached hydrogens (tertiary/aromatic N) is 1. The fourth-order valence-electron chi connectivity index (χ4n) is 2.22. The number of nitriles is 1. The Bertz CT molecular complexity index is 926. The molecular weight excluding hydrogens is 324 g/mol. The SMILES string of the molecule is COc1ccccc1/C=C(\C#N)S(=O)(=O)Nc1ccc(C)cc1C. The van der Waals surface area contributed by atoms with E-state index < -0.39 is 10.0 Å². The average Bonchev–Trinajstić information content (AvgIpc) is 2.55. The van der Waals surface area contributed by atoms with Crippen LogP contribution in [-0.4, -0.2) is 15.5 Å². The number of para-hydroxylation sites is 1. The van der Waals surface area contributed by atoms with Crippen molar-refractivity contribution in [1.29, 1.82) is 5.26 Å². The Morgan fingerprint density at radius 2 is 1.92 bits per heavy atom. The molecule has 0 aliphatic heterocycles. The Kier molecular flexibility index (Phi) is 5.27. The molecule has 0 heterocycles. The first-order valence-electron chi connectivity index (χ1n) is 7.22. The van der Waals surface area contributed by atoms with Gasteiger partial charge < -0.3 is 4.74 Å². The molecule has 0 aliphatic rings. The summed E-state index contributed by atoms with van der Waals surface area (Å²) in [6.45, 7) is 3.73. The standard InChI is InChI=1S/C18H18N2O3S/c1-13-8-9-17(14(2)10-13)20-24(21,22)16(12-19)11-15-6-4-5-7-18(15)23-3/h4-11,20H,1-3H3/b16-11+. The van der Waals surface area contributed by atoms with Gasteiger partial charge in [0.1, 0.15) is 11.8 Å². The fourth-order valence-corrected chi connectivity index (χ4v) is 3.26. The highest BCUT2D eigenvalue weighted by Gasteiger charge is 2.19. The molecule has 0 fully saturated rings. The molecule has 0 amide bonds. The predicted molar refractivity (Wildman–Crippen MR) is 95.0 cm³/mol. The fraction of sp³-hybridized carbons (Fsp3) is 0.167. The number of hydrogen-bond donors (Lipinski definition) is 1. The maximum absolute atomic E-state index is 12.5. The third-order valence-corrected chi connectivity index (χ3v) is 4.73.